The van der Waals surface area contributed by atoms with Crippen molar-refractivity contribution in [3.05, 3.63) is 24.3 Å². The van der Waals surface area contributed by atoms with Crippen LogP contribution in [-0.4, -0.2) is 27.3 Å². The lowest BCUT2D eigenvalue weighted by Gasteiger charge is -2.12. The van der Waals surface area contributed by atoms with E-state index in [-0.39, 0.29) is 29.9 Å². The zero-order chi connectivity index (χ0) is 12.2. The average Bonchev–Trinajstić information content (AvgIpc) is 2.28. The standard InChI is InChI=1S/C10H16N2O2S2.ClH/c1-8(7-11)12-16(13,14)10-5-3-4-9(6-10)15-2;/h3-6,8,12H,7,11H2,1-2H3;1H/t8-;/m0./s1. The predicted molar refractivity (Wildman–Crippen MR) is 74.3 cm³/mol. The normalized spacial score (nSPS) is 12.9. The molecule has 3 N–H and O–H groups in total. The van der Waals surface area contributed by atoms with Gasteiger partial charge in [0.05, 0.1) is 4.90 Å². The Labute approximate surface area is 113 Å². The van der Waals surface area contributed by atoms with Crippen LogP contribution in [0, 0.1) is 0 Å². The summed E-state index contributed by atoms with van der Waals surface area (Å²) in [4.78, 5) is 1.20. The van der Waals surface area contributed by atoms with Gasteiger partial charge in [0.15, 0.2) is 0 Å². The molecular weight excluding hydrogens is 280 g/mol. The molecule has 1 aromatic carbocycles. The number of thioether (sulfide) groups is 1. The molecule has 0 heterocycles. The Hall–Kier alpha value is -0.270. The van der Waals surface area contributed by atoms with Crippen LogP contribution in [0.4, 0.5) is 0 Å². The maximum Gasteiger partial charge on any atom is 0.240 e. The first-order chi connectivity index (χ1) is 7.49. The van der Waals surface area contributed by atoms with Gasteiger partial charge in [0.1, 0.15) is 0 Å². The molecule has 1 atom stereocenters. The lowest BCUT2D eigenvalue weighted by molar-refractivity contribution is 0.562. The highest BCUT2D eigenvalue weighted by atomic mass is 35.5. The van der Waals surface area contributed by atoms with Crippen LogP contribution < -0.4 is 10.5 Å². The molecule has 1 rings (SSSR count). The molecule has 0 aliphatic rings. The van der Waals surface area contributed by atoms with Crippen molar-refractivity contribution >= 4 is 34.2 Å². The maximum absolute atomic E-state index is 11.9. The molecule has 7 heteroatoms. The monoisotopic (exact) mass is 296 g/mol. The van der Waals surface area contributed by atoms with Crippen molar-refractivity contribution in [2.45, 2.75) is 22.8 Å². The molecule has 0 aromatic heterocycles. The molecule has 0 spiro atoms. The fraction of sp³-hybridized carbons (Fsp3) is 0.400. The van der Waals surface area contributed by atoms with Crippen LogP contribution in [0.15, 0.2) is 34.1 Å². The molecule has 98 valence electrons. The second-order valence-corrected chi connectivity index (χ2v) is 6.03. The predicted octanol–water partition coefficient (Wildman–Crippen LogP) is 1.46. The minimum atomic E-state index is -3.45. The summed E-state index contributed by atoms with van der Waals surface area (Å²) in [7, 11) is -3.45. The van der Waals surface area contributed by atoms with Gasteiger partial charge in [0.25, 0.3) is 0 Å². The first kappa shape index (κ1) is 16.7. The van der Waals surface area contributed by atoms with E-state index in [1.165, 1.54) is 11.8 Å². The SMILES string of the molecule is CSc1cccc(S(=O)(=O)N[C@@H](C)CN)c1.Cl. The zero-order valence-electron chi connectivity index (χ0n) is 9.71. The molecule has 0 saturated heterocycles. The highest BCUT2D eigenvalue weighted by molar-refractivity contribution is 7.98. The van der Waals surface area contributed by atoms with Gasteiger partial charge in [-0.25, -0.2) is 13.1 Å². The van der Waals surface area contributed by atoms with E-state index in [9.17, 15) is 8.42 Å². The van der Waals surface area contributed by atoms with Crippen molar-refractivity contribution < 1.29 is 8.42 Å². The second-order valence-electron chi connectivity index (χ2n) is 3.44. The Bertz CT molecular complexity index is 451. The molecule has 4 nitrogen and oxygen atoms in total. The van der Waals surface area contributed by atoms with Crippen molar-refractivity contribution in [2.75, 3.05) is 12.8 Å². The quantitative estimate of drug-likeness (QED) is 0.807. The van der Waals surface area contributed by atoms with E-state index < -0.39 is 10.0 Å². The fourth-order valence-electron chi connectivity index (χ4n) is 1.15. The number of benzene rings is 1. The third-order valence-corrected chi connectivity index (χ3v) is 4.37. The van der Waals surface area contributed by atoms with Crippen molar-refractivity contribution in [3.63, 3.8) is 0 Å². The summed E-state index contributed by atoms with van der Waals surface area (Å²) in [6, 6.07) is 6.56. The van der Waals surface area contributed by atoms with Crippen LogP contribution >= 0.6 is 24.2 Å². The lowest BCUT2D eigenvalue weighted by Crippen LogP contribution is -2.37. The molecular formula is C10H17ClN2O2S2. The number of halogens is 1. The summed E-state index contributed by atoms with van der Waals surface area (Å²) in [6.45, 7) is 2.01. The Morgan fingerprint density at radius 3 is 2.65 bits per heavy atom. The van der Waals surface area contributed by atoms with E-state index in [4.69, 9.17) is 5.73 Å². The summed E-state index contributed by atoms with van der Waals surface area (Å²) in [5.41, 5.74) is 5.38. The van der Waals surface area contributed by atoms with Crippen molar-refractivity contribution in [3.8, 4) is 0 Å². The van der Waals surface area contributed by atoms with Gasteiger partial charge < -0.3 is 5.73 Å². The van der Waals surface area contributed by atoms with E-state index in [2.05, 4.69) is 4.72 Å². The summed E-state index contributed by atoms with van der Waals surface area (Å²) in [6.07, 6.45) is 1.90. The van der Waals surface area contributed by atoms with Crippen molar-refractivity contribution in [1.82, 2.24) is 4.72 Å². The molecule has 0 amide bonds. The molecule has 0 radical (unpaired) electrons. The molecule has 0 aliphatic carbocycles. The summed E-state index contributed by atoms with van der Waals surface area (Å²) < 4.78 is 26.3. The lowest BCUT2D eigenvalue weighted by atomic mass is 10.4. The number of hydrogen-bond acceptors (Lipinski definition) is 4. The first-order valence-electron chi connectivity index (χ1n) is 4.86. The third kappa shape index (κ3) is 4.85. The highest BCUT2D eigenvalue weighted by Gasteiger charge is 2.16. The van der Waals surface area contributed by atoms with Crippen LogP contribution in [0.25, 0.3) is 0 Å². The largest absolute Gasteiger partial charge is 0.329 e. The average molecular weight is 297 g/mol. The molecule has 17 heavy (non-hydrogen) atoms. The van der Waals surface area contributed by atoms with Crippen LogP contribution in [0.2, 0.25) is 0 Å². The van der Waals surface area contributed by atoms with Crippen molar-refractivity contribution in [1.29, 1.82) is 0 Å². The van der Waals surface area contributed by atoms with Gasteiger partial charge in [-0.05, 0) is 31.4 Å². The van der Waals surface area contributed by atoms with E-state index in [0.717, 1.165) is 4.90 Å². The van der Waals surface area contributed by atoms with Crippen LogP contribution in [-0.2, 0) is 10.0 Å². The Morgan fingerprint density at radius 2 is 2.12 bits per heavy atom. The first-order valence-corrected chi connectivity index (χ1v) is 7.57. The van der Waals surface area contributed by atoms with E-state index in [1.807, 2.05) is 12.3 Å². The molecule has 0 bridgehead atoms. The van der Waals surface area contributed by atoms with Gasteiger partial charge >= 0.3 is 0 Å². The summed E-state index contributed by atoms with van der Waals surface area (Å²) in [5.74, 6) is 0. The second kappa shape index (κ2) is 7.23. The number of nitrogens with one attached hydrogen (secondary N) is 1. The van der Waals surface area contributed by atoms with Gasteiger partial charge in [-0.15, -0.1) is 24.2 Å². The van der Waals surface area contributed by atoms with Gasteiger partial charge in [-0.2, -0.15) is 0 Å². The fourth-order valence-corrected chi connectivity index (χ4v) is 2.99. The number of rotatable bonds is 5. The van der Waals surface area contributed by atoms with E-state index in [0.29, 0.717) is 0 Å². The topological polar surface area (TPSA) is 72.2 Å². The zero-order valence-corrected chi connectivity index (χ0v) is 12.2. The van der Waals surface area contributed by atoms with Gasteiger partial charge in [0.2, 0.25) is 10.0 Å². The molecule has 0 unspecified atom stereocenters. The molecule has 1 aromatic rings. The van der Waals surface area contributed by atoms with E-state index in [1.54, 1.807) is 25.1 Å². The molecule has 0 fully saturated rings. The maximum atomic E-state index is 11.9. The third-order valence-electron chi connectivity index (χ3n) is 2.06. The van der Waals surface area contributed by atoms with Crippen LogP contribution in [0.3, 0.4) is 0 Å². The smallest absolute Gasteiger partial charge is 0.240 e. The number of nitrogens with two attached hydrogens (primary N) is 1. The summed E-state index contributed by atoms with van der Waals surface area (Å²) in [5, 5.41) is 0. The highest BCUT2D eigenvalue weighted by Crippen LogP contribution is 2.18. The van der Waals surface area contributed by atoms with E-state index >= 15 is 0 Å². The van der Waals surface area contributed by atoms with Crippen LogP contribution in [0.5, 0.6) is 0 Å². The Kier molecular flexibility index (Phi) is 7.11. The van der Waals surface area contributed by atoms with Crippen LogP contribution in [0.1, 0.15) is 6.92 Å². The van der Waals surface area contributed by atoms with Gasteiger partial charge in [-0.3, -0.25) is 0 Å². The van der Waals surface area contributed by atoms with Gasteiger partial charge in [-0.1, -0.05) is 6.07 Å². The minimum absolute atomic E-state index is 0. The molecule has 0 saturated carbocycles. The number of sulfonamides is 1. The van der Waals surface area contributed by atoms with Crippen molar-refractivity contribution in [2.24, 2.45) is 5.73 Å². The summed E-state index contributed by atoms with van der Waals surface area (Å²) >= 11 is 1.51. The Morgan fingerprint density at radius 1 is 1.47 bits per heavy atom. The van der Waals surface area contributed by atoms with Gasteiger partial charge in [0, 0.05) is 17.5 Å². The number of hydrogen-bond donors (Lipinski definition) is 2. The minimum Gasteiger partial charge on any atom is -0.329 e. The Balaban J connectivity index is 0.00000256. The molecule has 0 aliphatic heterocycles.